The number of aliphatic hydroxyl groups is 2. The SMILES string of the molecule is CC(C)C(=O)Nc1nc2c(c(=O)[nH]1)N=CC2[C@@H]1O[C@H](CO)[C@@H](O)[C@@]1(C)F. The van der Waals surface area contributed by atoms with Crippen molar-refractivity contribution in [1.82, 2.24) is 9.97 Å². The fourth-order valence-electron chi connectivity index (χ4n) is 3.11. The van der Waals surface area contributed by atoms with Crippen LogP contribution in [0.4, 0.5) is 16.0 Å². The van der Waals surface area contributed by atoms with Crippen molar-refractivity contribution in [2.75, 3.05) is 11.9 Å². The van der Waals surface area contributed by atoms with Crippen LogP contribution in [0, 0.1) is 5.92 Å². The minimum absolute atomic E-state index is 0.00103. The van der Waals surface area contributed by atoms with E-state index in [0.717, 1.165) is 0 Å². The fraction of sp³-hybridized carbons (Fsp3) is 0.625. The highest BCUT2D eigenvalue weighted by Gasteiger charge is 2.57. The molecule has 1 aromatic heterocycles. The van der Waals surface area contributed by atoms with E-state index in [2.05, 4.69) is 20.3 Å². The number of alkyl halides is 1. The maximum absolute atomic E-state index is 15.0. The van der Waals surface area contributed by atoms with Gasteiger partial charge in [-0.1, -0.05) is 13.8 Å². The van der Waals surface area contributed by atoms with Gasteiger partial charge in [-0.15, -0.1) is 0 Å². The molecule has 1 amide bonds. The second kappa shape index (κ2) is 6.53. The zero-order valence-electron chi connectivity index (χ0n) is 14.6. The molecule has 9 nitrogen and oxygen atoms in total. The second-order valence-corrected chi connectivity index (χ2v) is 6.97. The number of H-pyrrole nitrogens is 1. The fourth-order valence-corrected chi connectivity index (χ4v) is 3.11. The first-order valence-corrected chi connectivity index (χ1v) is 8.29. The number of aromatic nitrogens is 2. The molecular weight excluding hydrogens is 347 g/mol. The van der Waals surface area contributed by atoms with E-state index in [1.165, 1.54) is 13.1 Å². The second-order valence-electron chi connectivity index (χ2n) is 6.97. The smallest absolute Gasteiger partial charge is 0.278 e. The number of nitrogens with one attached hydrogen (secondary N) is 2. The first kappa shape index (κ1) is 18.6. The predicted octanol–water partition coefficient (Wildman–Crippen LogP) is 0.0127. The standard InChI is InChI=1S/C16H21FN4O5/c1-6(2)13(24)20-15-19-9-7(4-18-10(9)14(25)21-15)12-16(3,17)11(23)8(5-22)26-12/h4,6-8,11-12,22-23H,5H2,1-3H3,(H2,19,20,21,24,25)/t7?,8-,11-,12+,16-/m1/s1. The van der Waals surface area contributed by atoms with Crippen LogP contribution in [-0.2, 0) is 9.53 Å². The molecule has 0 saturated carbocycles. The molecule has 26 heavy (non-hydrogen) atoms. The summed E-state index contributed by atoms with van der Waals surface area (Å²) in [6.45, 7) is 3.99. The van der Waals surface area contributed by atoms with Gasteiger partial charge in [0.25, 0.3) is 5.56 Å². The van der Waals surface area contributed by atoms with E-state index < -0.39 is 42.1 Å². The number of aromatic amines is 1. The van der Waals surface area contributed by atoms with Crippen LogP contribution in [0.1, 0.15) is 32.4 Å². The number of anilines is 1. The number of aliphatic imine (C=N–C) groups is 1. The number of nitrogens with zero attached hydrogens (tertiary/aromatic N) is 2. The molecule has 0 radical (unpaired) electrons. The summed E-state index contributed by atoms with van der Waals surface area (Å²) in [5.74, 6) is -1.58. The van der Waals surface area contributed by atoms with Gasteiger partial charge in [0.1, 0.15) is 18.3 Å². The van der Waals surface area contributed by atoms with E-state index in [4.69, 9.17) is 4.74 Å². The van der Waals surface area contributed by atoms with E-state index in [1.807, 2.05) is 0 Å². The molecule has 0 bridgehead atoms. The molecule has 1 unspecified atom stereocenters. The summed E-state index contributed by atoms with van der Waals surface area (Å²) >= 11 is 0. The maximum Gasteiger partial charge on any atom is 0.278 e. The Bertz CT molecular complexity index is 806. The summed E-state index contributed by atoms with van der Waals surface area (Å²) in [6.07, 6.45) is -2.48. The lowest BCUT2D eigenvalue weighted by Gasteiger charge is -2.27. The third kappa shape index (κ3) is 2.93. The number of hydrogen-bond acceptors (Lipinski definition) is 7. The number of amides is 1. The minimum atomic E-state index is -2.18. The molecule has 4 N–H and O–H groups in total. The monoisotopic (exact) mass is 368 g/mol. The van der Waals surface area contributed by atoms with Gasteiger partial charge in [0.15, 0.2) is 11.4 Å². The highest BCUT2D eigenvalue weighted by atomic mass is 19.1. The van der Waals surface area contributed by atoms with E-state index in [-0.39, 0.29) is 29.2 Å². The zero-order valence-corrected chi connectivity index (χ0v) is 14.6. The van der Waals surface area contributed by atoms with Crippen LogP contribution in [0.25, 0.3) is 0 Å². The Morgan fingerprint density at radius 1 is 1.54 bits per heavy atom. The van der Waals surface area contributed by atoms with Gasteiger partial charge in [0, 0.05) is 12.1 Å². The third-order valence-electron chi connectivity index (χ3n) is 4.68. The molecule has 1 aromatic rings. The number of aliphatic hydroxyl groups excluding tert-OH is 2. The number of rotatable bonds is 4. The quantitative estimate of drug-likeness (QED) is 0.591. The normalized spacial score (nSPS) is 32.9. The van der Waals surface area contributed by atoms with Gasteiger partial charge in [-0.3, -0.25) is 24.9 Å². The Morgan fingerprint density at radius 3 is 2.81 bits per heavy atom. The molecule has 0 aromatic carbocycles. The number of carbonyl (C=O) groups is 1. The summed E-state index contributed by atoms with van der Waals surface area (Å²) in [5.41, 5.74) is -2.62. The summed E-state index contributed by atoms with van der Waals surface area (Å²) in [6, 6.07) is 0. The lowest BCUT2D eigenvalue weighted by Crippen LogP contribution is -2.44. The number of carbonyl (C=O) groups excluding carboxylic acids is 1. The molecule has 2 aliphatic rings. The molecule has 142 valence electrons. The zero-order chi connectivity index (χ0) is 19.2. The average molecular weight is 368 g/mol. The average Bonchev–Trinajstić information content (AvgIpc) is 3.07. The Morgan fingerprint density at radius 2 is 2.23 bits per heavy atom. The van der Waals surface area contributed by atoms with Crippen LogP contribution < -0.4 is 10.9 Å². The lowest BCUT2D eigenvalue weighted by molar-refractivity contribution is -0.118. The molecule has 1 fully saturated rings. The van der Waals surface area contributed by atoms with Crippen molar-refractivity contribution < 1.29 is 24.1 Å². The molecule has 10 heteroatoms. The molecule has 0 aliphatic carbocycles. The molecule has 2 aliphatic heterocycles. The maximum atomic E-state index is 15.0. The highest BCUT2D eigenvalue weighted by Crippen LogP contribution is 2.44. The van der Waals surface area contributed by atoms with Gasteiger partial charge in [-0.2, -0.15) is 0 Å². The lowest BCUT2D eigenvalue weighted by atomic mass is 9.86. The molecule has 5 atom stereocenters. The Labute approximate surface area is 148 Å². The van der Waals surface area contributed by atoms with Gasteiger partial charge in [0.2, 0.25) is 11.9 Å². The van der Waals surface area contributed by atoms with Crippen LogP contribution in [0.3, 0.4) is 0 Å². The summed E-state index contributed by atoms with van der Waals surface area (Å²) in [5, 5.41) is 21.8. The van der Waals surface area contributed by atoms with Crippen molar-refractivity contribution in [2.45, 2.75) is 50.7 Å². The van der Waals surface area contributed by atoms with Crippen molar-refractivity contribution >= 4 is 23.8 Å². The first-order chi connectivity index (χ1) is 12.2. The molecule has 3 heterocycles. The van der Waals surface area contributed by atoms with Crippen molar-refractivity contribution in [3.63, 3.8) is 0 Å². The van der Waals surface area contributed by atoms with Gasteiger partial charge in [-0.05, 0) is 6.92 Å². The van der Waals surface area contributed by atoms with Gasteiger partial charge >= 0.3 is 0 Å². The highest BCUT2D eigenvalue weighted by molar-refractivity contribution is 5.90. The van der Waals surface area contributed by atoms with E-state index >= 15 is 4.39 Å². The topological polar surface area (TPSA) is 137 Å². The molecule has 0 spiro atoms. The van der Waals surface area contributed by atoms with Crippen LogP contribution in [0.15, 0.2) is 9.79 Å². The van der Waals surface area contributed by atoms with Crippen LogP contribution in [0.5, 0.6) is 0 Å². The van der Waals surface area contributed by atoms with E-state index in [0.29, 0.717) is 0 Å². The van der Waals surface area contributed by atoms with Crippen molar-refractivity contribution in [1.29, 1.82) is 0 Å². The third-order valence-corrected chi connectivity index (χ3v) is 4.68. The van der Waals surface area contributed by atoms with E-state index in [1.54, 1.807) is 13.8 Å². The summed E-state index contributed by atoms with van der Waals surface area (Å²) in [4.78, 5) is 34.7. The van der Waals surface area contributed by atoms with Crippen molar-refractivity contribution in [2.24, 2.45) is 10.9 Å². The van der Waals surface area contributed by atoms with Crippen LogP contribution >= 0.6 is 0 Å². The van der Waals surface area contributed by atoms with Gasteiger partial charge in [-0.25, -0.2) is 9.37 Å². The van der Waals surface area contributed by atoms with Crippen molar-refractivity contribution in [3.8, 4) is 0 Å². The Kier molecular flexibility index (Phi) is 4.67. The Balaban J connectivity index is 1.96. The van der Waals surface area contributed by atoms with E-state index in [9.17, 15) is 19.8 Å². The van der Waals surface area contributed by atoms with Crippen LogP contribution in [0.2, 0.25) is 0 Å². The first-order valence-electron chi connectivity index (χ1n) is 8.29. The summed E-state index contributed by atoms with van der Waals surface area (Å²) in [7, 11) is 0. The Hall–Kier alpha value is -2.17. The largest absolute Gasteiger partial charge is 0.394 e. The number of hydrogen-bond donors (Lipinski definition) is 4. The summed E-state index contributed by atoms with van der Waals surface area (Å²) < 4.78 is 20.5. The van der Waals surface area contributed by atoms with Crippen LogP contribution in [-0.4, -0.2) is 62.9 Å². The molecular formula is C16H21FN4O5. The molecule has 3 rings (SSSR count). The number of fused-ring (bicyclic) bond motifs is 1. The predicted molar refractivity (Wildman–Crippen MR) is 90.5 cm³/mol. The number of ether oxygens (including phenoxy) is 1. The van der Waals surface area contributed by atoms with Gasteiger partial charge < -0.3 is 14.9 Å². The number of halogens is 1. The van der Waals surface area contributed by atoms with Crippen molar-refractivity contribution in [3.05, 3.63) is 16.0 Å². The van der Waals surface area contributed by atoms with Gasteiger partial charge in [0.05, 0.1) is 18.2 Å². The minimum Gasteiger partial charge on any atom is -0.394 e. The molecule has 1 saturated heterocycles.